The lowest BCUT2D eigenvalue weighted by atomic mass is 10.1. The smallest absolute Gasteiger partial charge is 0.246 e. The van der Waals surface area contributed by atoms with Gasteiger partial charge in [0, 0.05) is 31.5 Å². The monoisotopic (exact) mass is 397 g/mol. The van der Waals surface area contributed by atoms with Crippen molar-refractivity contribution in [3.8, 4) is 0 Å². The van der Waals surface area contributed by atoms with E-state index in [2.05, 4.69) is 4.98 Å². The minimum absolute atomic E-state index is 0.00735. The molecule has 1 aliphatic carbocycles. The third kappa shape index (κ3) is 5.07. The van der Waals surface area contributed by atoms with Crippen molar-refractivity contribution >= 4 is 40.0 Å². The van der Waals surface area contributed by atoms with E-state index in [1.165, 1.54) is 43.9 Å². The number of para-hydroxylation sites is 1. The summed E-state index contributed by atoms with van der Waals surface area (Å²) < 4.78 is 0. The van der Waals surface area contributed by atoms with E-state index < -0.39 is 0 Å². The quantitative estimate of drug-likeness (QED) is 0.526. The normalized spacial score (nSPS) is 15.4. The first-order valence-corrected chi connectivity index (χ1v) is 10.7. The summed E-state index contributed by atoms with van der Waals surface area (Å²) in [4.78, 5) is 32.7. The topological polar surface area (TPSA) is 53.5 Å². The molecule has 0 spiro atoms. The lowest BCUT2D eigenvalue weighted by Gasteiger charge is -2.26. The Balaban J connectivity index is 1.69. The molecule has 1 aromatic heterocycles. The number of benzene rings is 1. The maximum absolute atomic E-state index is 12.5. The average molecular weight is 398 g/mol. The van der Waals surface area contributed by atoms with Crippen molar-refractivity contribution in [1.82, 2.24) is 9.88 Å². The van der Waals surface area contributed by atoms with Gasteiger partial charge in [-0.1, -0.05) is 43.9 Å². The van der Waals surface area contributed by atoms with Crippen LogP contribution in [0.15, 0.2) is 41.8 Å². The average Bonchev–Trinajstić information content (AvgIpc) is 2.98. The Bertz CT molecular complexity index is 823. The second kappa shape index (κ2) is 9.64. The predicted octanol–water partition coefficient (Wildman–Crippen LogP) is 5.02. The maximum atomic E-state index is 12.5. The van der Waals surface area contributed by atoms with E-state index >= 15 is 0 Å². The van der Waals surface area contributed by atoms with E-state index in [1.807, 2.05) is 47.7 Å². The van der Waals surface area contributed by atoms with Crippen molar-refractivity contribution in [1.29, 1.82) is 0 Å². The van der Waals surface area contributed by atoms with E-state index in [-0.39, 0.29) is 11.8 Å². The van der Waals surface area contributed by atoms with Crippen LogP contribution < -0.4 is 4.90 Å². The Labute approximate surface area is 170 Å². The molecule has 1 aliphatic rings. The molecule has 148 valence electrons. The van der Waals surface area contributed by atoms with E-state index in [0.29, 0.717) is 16.9 Å². The van der Waals surface area contributed by atoms with Crippen LogP contribution in [0, 0.1) is 0 Å². The number of rotatable bonds is 5. The first-order valence-electron chi connectivity index (χ1n) is 9.82. The largest absolute Gasteiger partial charge is 0.339 e. The second-order valence-corrected chi connectivity index (χ2v) is 8.01. The van der Waals surface area contributed by atoms with Gasteiger partial charge in [-0.25, -0.2) is 4.98 Å². The third-order valence-corrected chi connectivity index (χ3v) is 5.99. The van der Waals surface area contributed by atoms with Gasteiger partial charge in [0.25, 0.3) is 0 Å². The zero-order chi connectivity index (χ0) is 19.9. The summed E-state index contributed by atoms with van der Waals surface area (Å²) in [5.74, 6) is -0.0896. The summed E-state index contributed by atoms with van der Waals surface area (Å²) in [6, 6.07) is 9.78. The van der Waals surface area contributed by atoms with Gasteiger partial charge in [0.05, 0.1) is 11.4 Å². The van der Waals surface area contributed by atoms with Gasteiger partial charge in [-0.2, -0.15) is 0 Å². The van der Waals surface area contributed by atoms with Crippen LogP contribution in [0.4, 0.5) is 10.8 Å². The molecule has 1 fully saturated rings. The van der Waals surface area contributed by atoms with Crippen molar-refractivity contribution in [2.24, 2.45) is 0 Å². The molecule has 0 N–H and O–H groups in total. The number of aromatic nitrogens is 1. The number of nitrogens with zero attached hydrogens (tertiary/aromatic N) is 3. The van der Waals surface area contributed by atoms with Gasteiger partial charge in [-0.05, 0) is 31.1 Å². The van der Waals surface area contributed by atoms with Crippen molar-refractivity contribution in [3.63, 3.8) is 0 Å². The standard InChI is InChI=1S/C22H27N3O2S/c1-17(26)25(20-12-8-5-9-13-20)22-23-18(16-28-22)14-15-21(27)24(2)19-10-6-3-4-7-11-19/h5,8-9,12-16,19H,3-4,6-7,10-11H2,1-2H3/b15-14+. The molecule has 1 aromatic carbocycles. The zero-order valence-electron chi connectivity index (χ0n) is 16.5. The Morgan fingerprint density at radius 1 is 1.11 bits per heavy atom. The highest BCUT2D eigenvalue weighted by Crippen LogP contribution is 2.29. The molecule has 6 heteroatoms. The Morgan fingerprint density at radius 2 is 1.79 bits per heavy atom. The van der Waals surface area contributed by atoms with E-state index in [4.69, 9.17) is 0 Å². The number of anilines is 2. The van der Waals surface area contributed by atoms with Crippen LogP contribution in [0.2, 0.25) is 0 Å². The van der Waals surface area contributed by atoms with Crippen molar-refractivity contribution in [2.45, 2.75) is 51.5 Å². The van der Waals surface area contributed by atoms with E-state index in [0.717, 1.165) is 18.5 Å². The predicted molar refractivity (Wildman–Crippen MR) is 115 cm³/mol. The van der Waals surface area contributed by atoms with Gasteiger partial charge in [-0.15, -0.1) is 11.3 Å². The lowest BCUT2D eigenvalue weighted by molar-refractivity contribution is -0.127. The summed E-state index contributed by atoms with van der Waals surface area (Å²) in [7, 11) is 1.89. The molecule has 28 heavy (non-hydrogen) atoms. The highest BCUT2D eigenvalue weighted by atomic mass is 32.1. The van der Waals surface area contributed by atoms with Crippen LogP contribution in [-0.2, 0) is 9.59 Å². The van der Waals surface area contributed by atoms with Crippen molar-refractivity contribution in [3.05, 3.63) is 47.5 Å². The van der Waals surface area contributed by atoms with E-state index in [9.17, 15) is 9.59 Å². The van der Waals surface area contributed by atoms with Gasteiger partial charge in [0.2, 0.25) is 11.8 Å². The lowest BCUT2D eigenvalue weighted by Crippen LogP contribution is -2.35. The first-order chi connectivity index (χ1) is 13.6. The summed E-state index contributed by atoms with van der Waals surface area (Å²) in [5.41, 5.74) is 1.47. The minimum atomic E-state index is -0.0970. The van der Waals surface area contributed by atoms with E-state index in [1.54, 1.807) is 17.1 Å². The molecule has 0 saturated heterocycles. The first kappa shape index (κ1) is 20.3. The molecular formula is C22H27N3O2S. The molecule has 0 radical (unpaired) electrons. The fourth-order valence-electron chi connectivity index (χ4n) is 3.56. The SMILES string of the molecule is CC(=O)N(c1ccccc1)c1nc(/C=C/C(=O)N(C)C2CCCCCC2)cs1. The molecular weight excluding hydrogens is 370 g/mol. The Morgan fingerprint density at radius 3 is 2.43 bits per heavy atom. The Kier molecular flexibility index (Phi) is 6.98. The molecule has 0 unspecified atom stereocenters. The number of likely N-dealkylation sites (N-methyl/N-ethyl adjacent to an activating group) is 1. The fraction of sp³-hybridized carbons (Fsp3) is 0.409. The highest BCUT2D eigenvalue weighted by molar-refractivity contribution is 7.14. The molecule has 0 aliphatic heterocycles. The molecule has 2 amide bonds. The van der Waals surface area contributed by atoms with Gasteiger partial charge in [-0.3, -0.25) is 14.5 Å². The molecule has 0 bridgehead atoms. The summed E-state index contributed by atoms with van der Waals surface area (Å²) >= 11 is 1.39. The van der Waals surface area contributed by atoms with Crippen LogP contribution in [0.25, 0.3) is 6.08 Å². The van der Waals surface area contributed by atoms with Crippen LogP contribution in [-0.4, -0.2) is 34.8 Å². The summed E-state index contributed by atoms with van der Waals surface area (Å²) in [5, 5.41) is 2.46. The van der Waals surface area contributed by atoms with Gasteiger partial charge in [0.1, 0.15) is 0 Å². The summed E-state index contributed by atoms with van der Waals surface area (Å²) in [6.45, 7) is 1.52. The number of hydrogen-bond donors (Lipinski definition) is 0. The van der Waals surface area contributed by atoms with Crippen LogP contribution in [0.5, 0.6) is 0 Å². The van der Waals surface area contributed by atoms with Crippen LogP contribution in [0.1, 0.15) is 51.1 Å². The number of amides is 2. The maximum Gasteiger partial charge on any atom is 0.246 e. The summed E-state index contributed by atoms with van der Waals surface area (Å²) in [6.07, 6.45) is 10.4. The van der Waals surface area contributed by atoms with Gasteiger partial charge < -0.3 is 4.90 Å². The third-order valence-electron chi connectivity index (χ3n) is 5.15. The van der Waals surface area contributed by atoms with Crippen LogP contribution in [0.3, 0.4) is 0 Å². The highest BCUT2D eigenvalue weighted by Gasteiger charge is 2.20. The molecule has 5 nitrogen and oxygen atoms in total. The fourth-order valence-corrected chi connectivity index (χ4v) is 4.41. The van der Waals surface area contributed by atoms with Gasteiger partial charge >= 0.3 is 0 Å². The molecule has 1 saturated carbocycles. The molecule has 2 aromatic rings. The van der Waals surface area contributed by atoms with Crippen molar-refractivity contribution < 1.29 is 9.59 Å². The molecule has 0 atom stereocenters. The number of carbonyl (C=O) groups is 2. The van der Waals surface area contributed by atoms with Crippen molar-refractivity contribution in [2.75, 3.05) is 11.9 Å². The van der Waals surface area contributed by atoms with Gasteiger partial charge in [0.15, 0.2) is 5.13 Å². The molecule has 1 heterocycles. The molecule has 3 rings (SSSR count). The Hall–Kier alpha value is -2.47. The zero-order valence-corrected chi connectivity index (χ0v) is 17.3. The second-order valence-electron chi connectivity index (χ2n) is 7.17. The number of thiazole rings is 1. The number of hydrogen-bond acceptors (Lipinski definition) is 4. The number of carbonyl (C=O) groups excluding carboxylic acids is 2. The minimum Gasteiger partial charge on any atom is -0.339 e. The van der Waals surface area contributed by atoms with Crippen LogP contribution >= 0.6 is 11.3 Å².